The number of para-hydroxylation sites is 1. The number of nitrogens with zero attached hydrogens (tertiary/aromatic N) is 4. The number of likely N-dealkylation sites (tertiary alicyclic amines) is 1. The predicted octanol–water partition coefficient (Wildman–Crippen LogP) is 3.44. The number of nitrogens with one attached hydrogen (secondary N) is 1. The molecule has 5 rings (SSSR count). The summed E-state index contributed by atoms with van der Waals surface area (Å²) in [5, 5.41) is 7.39. The van der Waals surface area contributed by atoms with E-state index in [4.69, 9.17) is 4.74 Å². The minimum Gasteiger partial charge on any atom is -0.493 e. The summed E-state index contributed by atoms with van der Waals surface area (Å²) in [6.07, 6.45) is 9.71. The lowest BCUT2D eigenvalue weighted by Crippen LogP contribution is -2.51. The molecule has 230 valence electrons. The molecule has 1 unspecified atom stereocenters. The van der Waals surface area contributed by atoms with Crippen LogP contribution in [0.25, 0.3) is 0 Å². The molecule has 1 spiro atoms. The van der Waals surface area contributed by atoms with Crippen molar-refractivity contribution in [3.8, 4) is 5.75 Å². The average Bonchev–Trinajstić information content (AvgIpc) is 3.35. The highest BCUT2D eigenvalue weighted by molar-refractivity contribution is 7.89. The first-order valence-electron chi connectivity index (χ1n) is 15.4. The van der Waals surface area contributed by atoms with Gasteiger partial charge < -0.3 is 15.0 Å². The van der Waals surface area contributed by atoms with Gasteiger partial charge >= 0.3 is 0 Å². The molecule has 0 saturated carbocycles. The Morgan fingerprint density at radius 1 is 1.05 bits per heavy atom. The van der Waals surface area contributed by atoms with E-state index in [9.17, 15) is 18.0 Å². The lowest BCUT2D eigenvalue weighted by molar-refractivity contribution is -0.139. The summed E-state index contributed by atoms with van der Waals surface area (Å²) < 4.78 is 35.7. The minimum atomic E-state index is -3.71. The van der Waals surface area contributed by atoms with Gasteiger partial charge in [0.05, 0.1) is 18.2 Å². The van der Waals surface area contributed by atoms with Crippen LogP contribution in [0.2, 0.25) is 0 Å². The maximum absolute atomic E-state index is 13.7. The second kappa shape index (κ2) is 13.2. The van der Waals surface area contributed by atoms with E-state index in [0.717, 1.165) is 44.3 Å². The van der Waals surface area contributed by atoms with Gasteiger partial charge in [0.15, 0.2) is 0 Å². The second-order valence-corrected chi connectivity index (χ2v) is 14.2. The second-order valence-electron chi connectivity index (χ2n) is 12.3. The van der Waals surface area contributed by atoms with Gasteiger partial charge in [-0.15, -0.1) is 0 Å². The Morgan fingerprint density at radius 2 is 1.83 bits per heavy atom. The van der Waals surface area contributed by atoms with Crippen molar-refractivity contribution >= 4 is 21.8 Å². The number of amides is 2. The Kier molecular flexibility index (Phi) is 9.57. The van der Waals surface area contributed by atoms with Gasteiger partial charge in [0.25, 0.3) is 0 Å². The molecule has 0 aliphatic carbocycles. The van der Waals surface area contributed by atoms with E-state index in [1.165, 1.54) is 20.7 Å². The number of fused-ring (bicyclic) bond motifs is 1. The molecule has 11 heteroatoms. The van der Waals surface area contributed by atoms with Gasteiger partial charge in [-0.1, -0.05) is 24.6 Å². The minimum absolute atomic E-state index is 0.0354. The lowest BCUT2D eigenvalue weighted by Gasteiger charge is -2.44. The SMILES string of the molecule is Cc1nn(C)cc1S(=O)(=O)N1CCCC(C(=O)N2CCC3(CCCCc4ccccc4OCCCC(=O)NC3)CC2)C1. The summed E-state index contributed by atoms with van der Waals surface area (Å²) in [6, 6.07) is 8.18. The van der Waals surface area contributed by atoms with Crippen molar-refractivity contribution in [2.45, 2.75) is 76.0 Å². The van der Waals surface area contributed by atoms with Gasteiger partial charge in [0.2, 0.25) is 21.8 Å². The topological polar surface area (TPSA) is 114 Å². The fraction of sp³-hybridized carbons (Fsp3) is 0.645. The molecule has 4 heterocycles. The Morgan fingerprint density at radius 3 is 2.60 bits per heavy atom. The van der Waals surface area contributed by atoms with E-state index in [1.54, 1.807) is 14.0 Å². The molecule has 0 bridgehead atoms. The van der Waals surface area contributed by atoms with E-state index in [1.807, 2.05) is 23.1 Å². The number of rotatable bonds is 3. The lowest BCUT2D eigenvalue weighted by atomic mass is 9.74. The van der Waals surface area contributed by atoms with Crippen molar-refractivity contribution in [1.82, 2.24) is 24.3 Å². The number of ether oxygens (including phenoxy) is 1. The molecule has 1 aromatic carbocycles. The third-order valence-electron chi connectivity index (χ3n) is 9.30. The van der Waals surface area contributed by atoms with Crippen LogP contribution < -0.4 is 10.1 Å². The van der Waals surface area contributed by atoms with Crippen molar-refractivity contribution in [2.75, 3.05) is 39.3 Å². The Bertz CT molecular complexity index is 1370. The van der Waals surface area contributed by atoms with Gasteiger partial charge in [0.1, 0.15) is 10.6 Å². The van der Waals surface area contributed by atoms with Gasteiger partial charge in [-0.2, -0.15) is 9.40 Å². The largest absolute Gasteiger partial charge is 0.493 e. The molecule has 2 aromatic rings. The first-order valence-corrected chi connectivity index (χ1v) is 16.9. The summed E-state index contributed by atoms with van der Waals surface area (Å²) in [5.74, 6) is 0.676. The Balaban J connectivity index is 1.21. The molecule has 2 fully saturated rings. The molecule has 1 atom stereocenters. The van der Waals surface area contributed by atoms with Crippen molar-refractivity contribution in [2.24, 2.45) is 18.4 Å². The molecule has 3 aliphatic rings. The molecule has 42 heavy (non-hydrogen) atoms. The van der Waals surface area contributed by atoms with E-state index in [-0.39, 0.29) is 34.6 Å². The van der Waals surface area contributed by atoms with E-state index < -0.39 is 10.0 Å². The summed E-state index contributed by atoms with van der Waals surface area (Å²) in [7, 11) is -2.00. The average molecular weight is 600 g/mol. The highest BCUT2D eigenvalue weighted by Gasteiger charge is 2.40. The maximum atomic E-state index is 13.7. The van der Waals surface area contributed by atoms with Crippen LogP contribution in [0, 0.1) is 18.3 Å². The predicted molar refractivity (Wildman–Crippen MR) is 159 cm³/mol. The summed E-state index contributed by atoms with van der Waals surface area (Å²) >= 11 is 0. The van der Waals surface area contributed by atoms with Crippen LogP contribution in [-0.2, 0) is 33.1 Å². The van der Waals surface area contributed by atoms with Crippen LogP contribution in [0.4, 0.5) is 0 Å². The highest BCUT2D eigenvalue weighted by atomic mass is 32.2. The number of sulfonamides is 1. The number of aryl methyl sites for hydroxylation is 3. The molecule has 10 nitrogen and oxygen atoms in total. The Hall–Kier alpha value is -2.92. The number of aromatic nitrogens is 2. The van der Waals surface area contributed by atoms with E-state index >= 15 is 0 Å². The third-order valence-corrected chi connectivity index (χ3v) is 11.3. The monoisotopic (exact) mass is 599 g/mol. The fourth-order valence-corrected chi connectivity index (χ4v) is 8.49. The zero-order chi connectivity index (χ0) is 29.7. The van der Waals surface area contributed by atoms with E-state index in [2.05, 4.69) is 16.5 Å². The standard InChI is InChI=1S/C31H45N5O5S/c1-24-28(22-34(2)33-24)42(39,40)36-17-7-11-26(21-36)30(38)35-18-15-31(16-19-35)14-6-5-10-25-9-3-4-12-27(25)41-20-8-13-29(37)32-23-31/h3-4,9,12,22,26H,5-8,10-11,13-21,23H2,1-2H3,(H,32,37). The van der Waals surface area contributed by atoms with Crippen LogP contribution in [0.15, 0.2) is 35.4 Å². The van der Waals surface area contributed by atoms with E-state index in [0.29, 0.717) is 64.2 Å². The zero-order valence-corrected chi connectivity index (χ0v) is 25.8. The highest BCUT2D eigenvalue weighted by Crippen LogP contribution is 2.38. The van der Waals surface area contributed by atoms with Gasteiger partial charge in [0, 0.05) is 52.4 Å². The Labute approximate surface area is 249 Å². The number of piperidine rings is 2. The van der Waals surface area contributed by atoms with Crippen LogP contribution in [0.3, 0.4) is 0 Å². The molecule has 2 saturated heterocycles. The maximum Gasteiger partial charge on any atom is 0.246 e. The van der Waals surface area contributed by atoms with Crippen LogP contribution in [0.5, 0.6) is 5.75 Å². The first-order chi connectivity index (χ1) is 20.2. The molecule has 0 radical (unpaired) electrons. The van der Waals surface area contributed by atoms with Gasteiger partial charge in [-0.3, -0.25) is 14.3 Å². The normalized spacial score (nSPS) is 23.0. The first kappa shape index (κ1) is 30.5. The smallest absolute Gasteiger partial charge is 0.246 e. The number of benzene rings is 1. The quantitative estimate of drug-likeness (QED) is 0.578. The zero-order valence-electron chi connectivity index (χ0n) is 25.0. The summed E-state index contributed by atoms with van der Waals surface area (Å²) in [5.41, 5.74) is 1.66. The number of hydrogen-bond acceptors (Lipinski definition) is 6. The third kappa shape index (κ3) is 6.99. The summed E-state index contributed by atoms with van der Waals surface area (Å²) in [4.78, 5) is 28.5. The molecule has 2 amide bonds. The molecular weight excluding hydrogens is 554 g/mol. The van der Waals surface area contributed by atoms with Crippen molar-refractivity contribution < 1.29 is 22.7 Å². The van der Waals surface area contributed by atoms with Crippen molar-refractivity contribution in [3.05, 3.63) is 41.7 Å². The molecule has 1 N–H and O–H groups in total. The summed E-state index contributed by atoms with van der Waals surface area (Å²) in [6.45, 7) is 4.74. The number of hydrogen-bond donors (Lipinski definition) is 1. The van der Waals surface area contributed by atoms with Crippen LogP contribution in [0.1, 0.15) is 69.0 Å². The molecule has 3 aliphatic heterocycles. The van der Waals surface area contributed by atoms with Crippen molar-refractivity contribution in [1.29, 1.82) is 0 Å². The number of carbonyl (C=O) groups excluding carboxylic acids is 2. The van der Waals surface area contributed by atoms with Crippen LogP contribution >= 0.6 is 0 Å². The molecular formula is C31H45N5O5S. The van der Waals surface area contributed by atoms with Gasteiger partial charge in [-0.05, 0) is 75.3 Å². The van der Waals surface area contributed by atoms with Crippen LogP contribution in [-0.4, -0.2) is 78.5 Å². The fourth-order valence-electron chi connectivity index (χ4n) is 6.76. The van der Waals surface area contributed by atoms with Crippen molar-refractivity contribution in [3.63, 3.8) is 0 Å². The molecule has 1 aromatic heterocycles. The van der Waals surface area contributed by atoms with Gasteiger partial charge in [-0.25, -0.2) is 8.42 Å². The number of carbonyl (C=O) groups is 2.